The first-order valence-corrected chi connectivity index (χ1v) is 12.5. The molecule has 0 bridgehead atoms. The third-order valence-corrected chi connectivity index (χ3v) is 7.16. The van der Waals surface area contributed by atoms with E-state index < -0.39 is 11.9 Å². The van der Waals surface area contributed by atoms with Crippen LogP contribution in [-0.4, -0.2) is 39.2 Å². The van der Waals surface area contributed by atoms with Crippen molar-refractivity contribution in [1.29, 1.82) is 0 Å². The van der Waals surface area contributed by atoms with E-state index in [4.69, 9.17) is 18.6 Å². The van der Waals surface area contributed by atoms with Crippen molar-refractivity contribution in [3.63, 3.8) is 0 Å². The number of carbonyl (C=O) groups is 2. The minimum Gasteiger partial charge on any atom is -0.496 e. The first kappa shape index (κ1) is 25.5. The van der Waals surface area contributed by atoms with Gasteiger partial charge in [-0.2, -0.15) is 0 Å². The normalized spacial score (nSPS) is 19.3. The molecule has 196 valence electrons. The molecule has 0 amide bonds. The molecule has 0 unspecified atom stereocenters. The second-order valence-electron chi connectivity index (χ2n) is 9.40. The van der Waals surface area contributed by atoms with Gasteiger partial charge in [-0.3, -0.25) is 9.59 Å². The van der Waals surface area contributed by atoms with Crippen LogP contribution in [0.2, 0.25) is 0 Å². The molecule has 0 spiro atoms. The summed E-state index contributed by atoms with van der Waals surface area (Å²) < 4.78 is 21.8. The first-order chi connectivity index (χ1) is 18.4. The Hall–Kier alpha value is -4.17. The topological polar surface area (TPSA) is 104 Å². The van der Waals surface area contributed by atoms with Crippen molar-refractivity contribution in [3.05, 3.63) is 98.7 Å². The number of benzene rings is 2. The van der Waals surface area contributed by atoms with Gasteiger partial charge >= 0.3 is 5.97 Å². The van der Waals surface area contributed by atoms with E-state index in [1.165, 1.54) is 13.4 Å². The van der Waals surface area contributed by atoms with Crippen LogP contribution in [0.3, 0.4) is 0 Å². The number of para-hydroxylation sites is 2. The van der Waals surface area contributed by atoms with E-state index in [1.54, 1.807) is 38.3 Å². The molecular weight excluding hydrogens is 486 g/mol. The lowest BCUT2D eigenvalue weighted by atomic mass is 9.71. The van der Waals surface area contributed by atoms with Crippen molar-refractivity contribution >= 4 is 22.7 Å². The molecule has 38 heavy (non-hydrogen) atoms. The second-order valence-corrected chi connectivity index (χ2v) is 9.40. The van der Waals surface area contributed by atoms with Crippen molar-refractivity contribution in [3.8, 4) is 5.75 Å². The third kappa shape index (κ3) is 4.52. The summed E-state index contributed by atoms with van der Waals surface area (Å²) in [7, 11) is 3.12. The van der Waals surface area contributed by atoms with E-state index in [1.807, 2.05) is 24.3 Å². The lowest BCUT2D eigenvalue weighted by Gasteiger charge is -2.36. The Balaban J connectivity index is 1.64. The number of Topliss-reactive ketones (excluding diaryl/α,β-unsaturated/α-hetero) is 1. The maximum atomic E-state index is 13.8. The summed E-state index contributed by atoms with van der Waals surface area (Å²) in [5.41, 5.74) is 3.11. The highest BCUT2D eigenvalue weighted by Crippen LogP contribution is 2.46. The van der Waals surface area contributed by atoms with Crippen LogP contribution in [0.4, 0.5) is 0 Å². The highest BCUT2D eigenvalue weighted by atomic mass is 16.6. The number of allylic oxidation sites excluding steroid dienone is 3. The van der Waals surface area contributed by atoms with Gasteiger partial charge in [0.1, 0.15) is 17.9 Å². The summed E-state index contributed by atoms with van der Waals surface area (Å²) >= 11 is 0. The lowest BCUT2D eigenvalue weighted by Crippen LogP contribution is -2.37. The monoisotopic (exact) mass is 515 g/mol. The van der Waals surface area contributed by atoms with Crippen LogP contribution in [0.25, 0.3) is 11.0 Å². The molecule has 0 radical (unpaired) electrons. The number of hydrogen-bond acceptors (Lipinski definition) is 8. The fourth-order valence-corrected chi connectivity index (χ4v) is 5.43. The number of nitrogens with one attached hydrogen (secondary N) is 1. The van der Waals surface area contributed by atoms with E-state index in [9.17, 15) is 14.4 Å². The zero-order chi connectivity index (χ0) is 26.8. The van der Waals surface area contributed by atoms with Crippen LogP contribution in [0.15, 0.2) is 86.5 Å². The highest BCUT2D eigenvalue weighted by Gasteiger charge is 2.43. The lowest BCUT2D eigenvalue weighted by molar-refractivity contribution is -0.140. The number of rotatable bonds is 7. The van der Waals surface area contributed by atoms with Crippen molar-refractivity contribution in [2.75, 3.05) is 27.4 Å². The Labute approximate surface area is 219 Å². The second kappa shape index (κ2) is 10.7. The van der Waals surface area contributed by atoms with Crippen LogP contribution in [0.5, 0.6) is 5.75 Å². The molecule has 1 aromatic heterocycles. The van der Waals surface area contributed by atoms with E-state index in [2.05, 4.69) is 5.32 Å². The van der Waals surface area contributed by atoms with Gasteiger partial charge in [0.05, 0.1) is 36.9 Å². The molecular formula is C30H29NO7. The fraction of sp³-hybridized carbons (Fsp3) is 0.300. The molecule has 2 aliphatic rings. The van der Waals surface area contributed by atoms with Gasteiger partial charge in [-0.05, 0) is 37.1 Å². The SMILES string of the molecule is COCCOC(=O)C1=C(C)NC2=C(C(=O)C[C@@H](c3ccccc3OC)C2)[C@H]1c1coc2ccccc2c1=O. The molecule has 2 atom stereocenters. The van der Waals surface area contributed by atoms with Crippen molar-refractivity contribution < 1.29 is 28.2 Å². The molecule has 8 heteroatoms. The molecule has 0 saturated carbocycles. The van der Waals surface area contributed by atoms with Gasteiger partial charge in [0.15, 0.2) is 11.2 Å². The van der Waals surface area contributed by atoms with Crippen molar-refractivity contribution in [2.24, 2.45) is 0 Å². The van der Waals surface area contributed by atoms with E-state index in [0.717, 1.165) is 5.56 Å². The van der Waals surface area contributed by atoms with Gasteiger partial charge in [-0.1, -0.05) is 30.3 Å². The van der Waals surface area contributed by atoms with Crippen LogP contribution in [-0.2, 0) is 19.1 Å². The molecule has 1 aliphatic carbocycles. The minimum absolute atomic E-state index is 0.0425. The maximum Gasteiger partial charge on any atom is 0.336 e. The fourth-order valence-electron chi connectivity index (χ4n) is 5.43. The molecule has 2 heterocycles. The standard InChI is InChI=1S/C30H29NO7/c1-17-26(30(34)37-13-12-35-2)27(21-16-38-25-11-7-5-9-20(25)29(21)33)28-22(31-17)14-18(15-23(28)32)19-8-4-6-10-24(19)36-3/h4-11,16,18,27,31H,12-15H2,1-3H3/t18-,27-/m0/s1. The molecule has 1 aliphatic heterocycles. The Morgan fingerprint density at radius 1 is 1.00 bits per heavy atom. The van der Waals surface area contributed by atoms with Crippen LogP contribution in [0, 0.1) is 0 Å². The largest absolute Gasteiger partial charge is 0.496 e. The van der Waals surface area contributed by atoms with Gasteiger partial charge in [-0.25, -0.2) is 4.79 Å². The number of esters is 1. The number of hydrogen-bond donors (Lipinski definition) is 1. The first-order valence-electron chi connectivity index (χ1n) is 12.5. The molecule has 0 fully saturated rings. The number of dihydropyridines is 1. The molecule has 1 N–H and O–H groups in total. The summed E-state index contributed by atoms with van der Waals surface area (Å²) in [4.78, 5) is 40.9. The van der Waals surface area contributed by atoms with Crippen LogP contribution < -0.4 is 15.5 Å². The quantitative estimate of drug-likeness (QED) is 0.366. The summed E-state index contributed by atoms with van der Waals surface area (Å²) in [5, 5.41) is 3.68. The molecule has 8 nitrogen and oxygen atoms in total. The van der Waals surface area contributed by atoms with Gasteiger partial charge in [0.2, 0.25) is 0 Å². The van der Waals surface area contributed by atoms with Crippen LogP contribution >= 0.6 is 0 Å². The average Bonchev–Trinajstić information content (AvgIpc) is 2.92. The number of methoxy groups -OCH3 is 2. The maximum absolute atomic E-state index is 13.8. The van der Waals surface area contributed by atoms with E-state index >= 15 is 0 Å². The number of ketones is 1. The molecule has 0 saturated heterocycles. The summed E-state index contributed by atoms with van der Waals surface area (Å²) in [6.45, 7) is 2.02. The zero-order valence-electron chi connectivity index (χ0n) is 21.5. The molecule has 2 aromatic carbocycles. The van der Waals surface area contributed by atoms with Gasteiger partial charge in [-0.15, -0.1) is 0 Å². The predicted molar refractivity (Wildman–Crippen MR) is 141 cm³/mol. The average molecular weight is 516 g/mol. The van der Waals surface area contributed by atoms with Crippen LogP contribution in [0.1, 0.15) is 42.7 Å². The summed E-state index contributed by atoms with van der Waals surface area (Å²) in [5.74, 6) is -1.10. The Morgan fingerprint density at radius 3 is 2.55 bits per heavy atom. The van der Waals surface area contributed by atoms with Gasteiger partial charge in [0, 0.05) is 42.0 Å². The predicted octanol–water partition coefficient (Wildman–Crippen LogP) is 4.35. The molecule has 3 aromatic rings. The highest BCUT2D eigenvalue weighted by molar-refractivity contribution is 6.04. The summed E-state index contributed by atoms with van der Waals surface area (Å²) in [6, 6.07) is 14.6. The Bertz CT molecular complexity index is 1530. The van der Waals surface area contributed by atoms with Gasteiger partial charge in [0.25, 0.3) is 0 Å². The zero-order valence-corrected chi connectivity index (χ0v) is 21.5. The van der Waals surface area contributed by atoms with Crippen molar-refractivity contribution in [2.45, 2.75) is 31.6 Å². The Morgan fingerprint density at radius 2 is 1.76 bits per heavy atom. The third-order valence-electron chi connectivity index (χ3n) is 7.16. The number of ether oxygens (including phenoxy) is 3. The number of fused-ring (bicyclic) bond motifs is 1. The van der Waals surface area contributed by atoms with Gasteiger partial charge < -0.3 is 23.9 Å². The van der Waals surface area contributed by atoms with E-state index in [0.29, 0.717) is 40.1 Å². The number of carbonyl (C=O) groups excluding carboxylic acids is 2. The summed E-state index contributed by atoms with van der Waals surface area (Å²) in [6.07, 6.45) is 2.09. The molecule has 5 rings (SSSR count). The Kier molecular flexibility index (Phi) is 7.15. The smallest absolute Gasteiger partial charge is 0.336 e. The van der Waals surface area contributed by atoms with Crippen molar-refractivity contribution in [1.82, 2.24) is 5.32 Å². The minimum atomic E-state index is -0.923. The van der Waals surface area contributed by atoms with E-state index in [-0.39, 0.29) is 47.9 Å².